The molecule has 1 aromatic heterocycles. The summed E-state index contributed by atoms with van der Waals surface area (Å²) in [7, 11) is -10.0. The van der Waals surface area contributed by atoms with Crippen molar-refractivity contribution in [1.82, 2.24) is 9.42 Å². The molecule has 1 heterocycles. The second-order valence-corrected chi connectivity index (χ2v) is 6.25. The summed E-state index contributed by atoms with van der Waals surface area (Å²) in [6.07, 6.45) is 2.70. The number of hydrogen-bond donors (Lipinski definition) is 4. The Morgan fingerprint density at radius 2 is 1.75 bits per heavy atom. The van der Waals surface area contributed by atoms with Crippen molar-refractivity contribution in [2.45, 2.75) is 6.54 Å². The Morgan fingerprint density at radius 1 is 1.19 bits per heavy atom. The van der Waals surface area contributed by atoms with Gasteiger partial charge in [0, 0.05) is 18.9 Å². The summed E-state index contributed by atoms with van der Waals surface area (Å²) < 4.78 is 21.6. The summed E-state index contributed by atoms with van der Waals surface area (Å²) in [4.78, 5) is 38.9. The van der Waals surface area contributed by atoms with E-state index in [0.717, 1.165) is 0 Å². The predicted octanol–water partition coefficient (Wildman–Crippen LogP) is 0.0690. The smallest absolute Gasteiger partial charge is 0.312 e. The van der Waals surface area contributed by atoms with E-state index in [-0.39, 0.29) is 10.0 Å². The number of rotatable bonds is 4. The van der Waals surface area contributed by atoms with Crippen molar-refractivity contribution in [3.8, 4) is 0 Å². The number of hydrogen-bond acceptors (Lipinski definition) is 3. The van der Waals surface area contributed by atoms with Gasteiger partial charge in [0.15, 0.2) is 0 Å². The van der Waals surface area contributed by atoms with Gasteiger partial charge in [-0.1, -0.05) is 6.07 Å². The molecule has 0 radical (unpaired) electrons. The van der Waals surface area contributed by atoms with Gasteiger partial charge in [0.2, 0.25) is 0 Å². The molecule has 0 aromatic carbocycles. The fourth-order valence-electron chi connectivity index (χ4n) is 0.991. The van der Waals surface area contributed by atoms with Crippen LogP contribution in [0, 0.1) is 0 Å². The maximum absolute atomic E-state index is 10.9. The topological polar surface area (TPSA) is 131 Å². The summed E-state index contributed by atoms with van der Waals surface area (Å²) in [6, 6.07) is 2.94. The lowest BCUT2D eigenvalue weighted by atomic mass is 10.3. The summed E-state index contributed by atoms with van der Waals surface area (Å²) in [6.45, 7) is -0.581. The average Bonchev–Trinajstić information content (AvgIpc) is 2.12. The lowest BCUT2D eigenvalue weighted by Gasteiger charge is -2.22. The van der Waals surface area contributed by atoms with E-state index < -0.39 is 22.0 Å². The normalized spacial score (nSPS) is 13.1. The molecule has 1 aromatic rings. The van der Waals surface area contributed by atoms with Crippen LogP contribution in [-0.4, -0.2) is 29.0 Å². The molecule has 0 amide bonds. The Hall–Kier alpha value is -0.590. The molecule has 0 unspecified atom stereocenters. The van der Waals surface area contributed by atoms with Crippen LogP contribution in [-0.2, 0) is 15.7 Å². The van der Waals surface area contributed by atoms with Crippen LogP contribution in [0.4, 0.5) is 0 Å². The molecule has 90 valence electrons. The molecule has 8 nitrogen and oxygen atoms in total. The van der Waals surface area contributed by atoms with Crippen molar-refractivity contribution in [2.24, 2.45) is 0 Å². The third-order valence-electron chi connectivity index (χ3n) is 1.65. The van der Waals surface area contributed by atoms with Gasteiger partial charge in [0.05, 0.1) is 0 Å². The van der Waals surface area contributed by atoms with Crippen molar-refractivity contribution in [3.05, 3.63) is 30.1 Å². The number of pyridine rings is 1. The molecule has 0 spiro atoms. The monoisotopic (exact) mass is 268 g/mol. The van der Waals surface area contributed by atoms with Gasteiger partial charge in [0.1, 0.15) is 0 Å². The first-order chi connectivity index (χ1) is 7.21. The Bertz CT molecular complexity index is 418. The molecule has 1 rings (SSSR count). The van der Waals surface area contributed by atoms with Gasteiger partial charge >= 0.3 is 15.5 Å². The Morgan fingerprint density at radius 3 is 2.12 bits per heavy atom. The number of aromatic nitrogens is 1. The Balaban J connectivity index is 2.99. The molecule has 0 saturated carbocycles. The van der Waals surface area contributed by atoms with E-state index in [1.54, 1.807) is 0 Å². The number of nitrogens with zero attached hydrogens (tertiary/aromatic N) is 2. The first-order valence-electron chi connectivity index (χ1n) is 4.00. The maximum atomic E-state index is 10.9. The van der Waals surface area contributed by atoms with Crippen molar-refractivity contribution < 1.29 is 28.7 Å². The van der Waals surface area contributed by atoms with Crippen molar-refractivity contribution in [1.29, 1.82) is 0 Å². The van der Waals surface area contributed by atoms with Gasteiger partial charge in [-0.25, -0.2) is 9.13 Å². The van der Waals surface area contributed by atoms with E-state index in [9.17, 15) is 9.13 Å². The van der Waals surface area contributed by atoms with Gasteiger partial charge in [-0.3, -0.25) is 4.98 Å². The third-order valence-corrected chi connectivity index (χ3v) is 4.53. The van der Waals surface area contributed by atoms with Crippen LogP contribution in [0.1, 0.15) is 5.56 Å². The molecular formula is C6H10N2O6P2. The molecule has 0 fully saturated rings. The fourth-order valence-corrected chi connectivity index (χ4v) is 2.90. The van der Waals surface area contributed by atoms with Crippen LogP contribution < -0.4 is 0 Å². The van der Waals surface area contributed by atoms with Crippen molar-refractivity contribution in [2.75, 3.05) is 0 Å². The SMILES string of the molecule is O=P(O)(O)N(Cc1cccnc1)P(=O)(O)O. The maximum Gasteiger partial charge on any atom is 0.412 e. The minimum atomic E-state index is -5.02. The summed E-state index contributed by atoms with van der Waals surface area (Å²) in [5.41, 5.74) is 0.286. The molecule has 0 aliphatic carbocycles. The van der Waals surface area contributed by atoms with Crippen LogP contribution in [0.15, 0.2) is 24.5 Å². The Labute approximate surface area is 91.0 Å². The minimum absolute atomic E-state index is 0.170. The lowest BCUT2D eigenvalue weighted by Crippen LogP contribution is -2.16. The zero-order valence-corrected chi connectivity index (χ0v) is 9.70. The Kier molecular flexibility index (Phi) is 3.98. The molecule has 0 atom stereocenters. The first-order valence-corrected chi connectivity index (χ1v) is 7.13. The van der Waals surface area contributed by atoms with Crippen LogP contribution in [0.3, 0.4) is 0 Å². The highest BCUT2D eigenvalue weighted by molar-refractivity contribution is 7.64. The fraction of sp³-hybridized carbons (Fsp3) is 0.167. The van der Waals surface area contributed by atoms with Crippen molar-refractivity contribution >= 4 is 15.5 Å². The molecule has 0 bridgehead atoms. The highest BCUT2D eigenvalue weighted by atomic mass is 31.3. The molecule has 4 N–H and O–H groups in total. The molecule has 0 aliphatic heterocycles. The molecule has 0 saturated heterocycles. The minimum Gasteiger partial charge on any atom is -0.312 e. The highest BCUT2D eigenvalue weighted by Gasteiger charge is 2.39. The zero-order valence-electron chi connectivity index (χ0n) is 7.91. The standard InChI is InChI=1S/C6H10N2O6P2/c9-15(10,11)8(16(12,13)14)5-6-2-1-3-7-4-6/h1-4H,5H2,(H2,9,10,11)(H2,12,13,14). The van der Waals surface area contributed by atoms with Crippen LogP contribution >= 0.6 is 15.5 Å². The van der Waals surface area contributed by atoms with Crippen molar-refractivity contribution in [3.63, 3.8) is 0 Å². The van der Waals surface area contributed by atoms with E-state index >= 15 is 0 Å². The third kappa shape index (κ3) is 3.77. The summed E-state index contributed by atoms with van der Waals surface area (Å²) in [5.74, 6) is 0. The van der Waals surface area contributed by atoms with E-state index in [2.05, 4.69) is 4.98 Å². The highest BCUT2D eigenvalue weighted by Crippen LogP contribution is 2.58. The predicted molar refractivity (Wildman–Crippen MR) is 53.9 cm³/mol. The molecule has 0 aliphatic rings. The summed E-state index contributed by atoms with van der Waals surface area (Å²) >= 11 is 0. The van der Waals surface area contributed by atoms with Gasteiger partial charge in [0.25, 0.3) is 0 Å². The molecule has 10 heteroatoms. The quantitative estimate of drug-likeness (QED) is 0.564. The largest absolute Gasteiger partial charge is 0.412 e. The van der Waals surface area contributed by atoms with Gasteiger partial charge in [-0.2, -0.15) is 0 Å². The zero-order chi connectivity index (χ0) is 12.4. The molecule has 16 heavy (non-hydrogen) atoms. The van der Waals surface area contributed by atoms with Crippen LogP contribution in [0.5, 0.6) is 0 Å². The first kappa shape index (κ1) is 13.5. The van der Waals surface area contributed by atoms with Crippen LogP contribution in [0.25, 0.3) is 0 Å². The van der Waals surface area contributed by atoms with E-state index in [4.69, 9.17) is 19.6 Å². The second kappa shape index (κ2) is 4.73. The van der Waals surface area contributed by atoms with E-state index in [0.29, 0.717) is 0 Å². The second-order valence-electron chi connectivity index (χ2n) is 2.92. The van der Waals surface area contributed by atoms with E-state index in [1.807, 2.05) is 0 Å². The van der Waals surface area contributed by atoms with Gasteiger partial charge in [-0.15, -0.1) is 4.44 Å². The summed E-state index contributed by atoms with van der Waals surface area (Å²) in [5, 5.41) is 0. The van der Waals surface area contributed by atoms with E-state index in [1.165, 1.54) is 24.5 Å². The van der Waals surface area contributed by atoms with Gasteiger partial charge in [-0.05, 0) is 11.6 Å². The average molecular weight is 268 g/mol. The van der Waals surface area contributed by atoms with Gasteiger partial charge < -0.3 is 19.6 Å². The lowest BCUT2D eigenvalue weighted by molar-refractivity contribution is 0.266. The molecular weight excluding hydrogens is 258 g/mol. The van der Waals surface area contributed by atoms with Crippen LogP contribution in [0.2, 0.25) is 0 Å².